The molecule has 0 radical (unpaired) electrons. The van der Waals surface area contributed by atoms with Gasteiger partial charge >= 0.3 is 0 Å². The minimum Gasteiger partial charge on any atom is -0.311 e. The molecule has 0 aromatic rings. The van der Waals surface area contributed by atoms with Crippen LogP contribution in [0.5, 0.6) is 0 Å². The number of hydrogen-bond acceptors (Lipinski definition) is 3. The maximum Gasteiger partial charge on any atom is 0.109 e. The Bertz CT molecular complexity index is 30.6. The number of nitrogens with zero attached hydrogens (tertiary/aromatic N) is 2. The fraction of sp³-hybridized carbons (Fsp3) is 1.00. The first-order valence-electron chi connectivity index (χ1n) is 1.18. The van der Waals surface area contributed by atoms with Gasteiger partial charge < -0.3 is 11.6 Å². The lowest BCUT2D eigenvalue weighted by Gasteiger charge is -1.68. The SMILES string of the molecule is NCN=NN. The van der Waals surface area contributed by atoms with Gasteiger partial charge in [0.15, 0.2) is 0 Å². The fourth-order valence-electron chi connectivity index (χ4n) is 0.0471. The molecule has 0 bridgehead atoms. The molecule has 4 nitrogen and oxygen atoms in total. The van der Waals surface area contributed by atoms with Crippen molar-refractivity contribution in [1.82, 2.24) is 0 Å². The van der Waals surface area contributed by atoms with E-state index in [9.17, 15) is 0 Å². The Morgan fingerprint density at radius 3 is 2.20 bits per heavy atom. The topological polar surface area (TPSA) is 76.8 Å². The van der Waals surface area contributed by atoms with Crippen molar-refractivity contribution in [2.45, 2.75) is 0 Å². The first kappa shape index (κ1) is 4.36. The second-order valence-corrected chi connectivity index (χ2v) is 0.439. The lowest BCUT2D eigenvalue weighted by Crippen LogP contribution is -1.93. The quantitative estimate of drug-likeness (QED) is 0.243. The van der Waals surface area contributed by atoms with Crippen molar-refractivity contribution < 1.29 is 0 Å². The molecular formula is CH6N4. The molecule has 0 amide bonds. The third-order valence-electron chi connectivity index (χ3n) is 0.163. The zero-order chi connectivity index (χ0) is 4.12. The molecule has 0 aromatic heterocycles. The Morgan fingerprint density at radius 2 is 2.20 bits per heavy atom. The van der Waals surface area contributed by atoms with Gasteiger partial charge in [0.2, 0.25) is 0 Å². The summed E-state index contributed by atoms with van der Waals surface area (Å²) in [5, 5.41) is 6.01. The van der Waals surface area contributed by atoms with Crippen LogP contribution >= 0.6 is 0 Å². The van der Waals surface area contributed by atoms with E-state index >= 15 is 0 Å². The molecule has 0 aliphatic carbocycles. The van der Waals surface area contributed by atoms with Crippen molar-refractivity contribution in [1.29, 1.82) is 0 Å². The first-order valence-corrected chi connectivity index (χ1v) is 1.18. The largest absolute Gasteiger partial charge is 0.311 e. The number of rotatable bonds is 1. The first-order chi connectivity index (χ1) is 2.41. The molecule has 4 N–H and O–H groups in total. The van der Waals surface area contributed by atoms with Crippen LogP contribution in [-0.2, 0) is 0 Å². The Labute approximate surface area is 29.8 Å². The average Bonchev–Trinajstić information content (AvgIpc) is 1.41. The van der Waals surface area contributed by atoms with Gasteiger partial charge in [0.1, 0.15) is 6.67 Å². The molecule has 0 heterocycles. The molecule has 0 saturated carbocycles. The monoisotopic (exact) mass is 74.1 g/mol. The van der Waals surface area contributed by atoms with Gasteiger partial charge in [-0.15, -0.1) is 0 Å². The van der Waals surface area contributed by atoms with E-state index in [0.717, 1.165) is 0 Å². The zero-order valence-electron chi connectivity index (χ0n) is 2.76. The predicted octanol–water partition coefficient (Wildman–Crippen LogP) is -0.772. The van der Waals surface area contributed by atoms with Crippen LogP contribution < -0.4 is 11.6 Å². The molecular weight excluding hydrogens is 68.0 g/mol. The number of hydrogen-bond donors (Lipinski definition) is 2. The molecule has 5 heavy (non-hydrogen) atoms. The lowest BCUT2D eigenvalue weighted by atomic mass is 11.3. The summed E-state index contributed by atoms with van der Waals surface area (Å²) in [6, 6.07) is 0. The van der Waals surface area contributed by atoms with E-state index in [2.05, 4.69) is 16.2 Å². The molecule has 0 aliphatic heterocycles. The minimum atomic E-state index is 0.177. The molecule has 0 saturated heterocycles. The summed E-state index contributed by atoms with van der Waals surface area (Å²) in [6.45, 7) is 0.177. The highest BCUT2D eigenvalue weighted by Crippen LogP contribution is 1.50. The molecule has 4 heteroatoms. The van der Waals surface area contributed by atoms with Crippen LogP contribution in [0.15, 0.2) is 10.3 Å². The Balaban J connectivity index is 2.62. The van der Waals surface area contributed by atoms with E-state index in [1.54, 1.807) is 0 Å². The summed E-state index contributed by atoms with van der Waals surface area (Å²) in [5.74, 6) is 4.52. The van der Waals surface area contributed by atoms with Crippen LogP contribution in [0.3, 0.4) is 0 Å². The van der Waals surface area contributed by atoms with E-state index in [0.29, 0.717) is 0 Å². The van der Waals surface area contributed by atoms with Crippen molar-refractivity contribution in [3.8, 4) is 0 Å². The lowest BCUT2D eigenvalue weighted by molar-refractivity contribution is 0.902. The van der Waals surface area contributed by atoms with Crippen molar-refractivity contribution >= 4 is 0 Å². The molecule has 0 rings (SSSR count). The Kier molecular flexibility index (Phi) is 2.93. The maximum atomic E-state index is 4.80. The van der Waals surface area contributed by atoms with Crippen LogP contribution in [0, 0.1) is 0 Å². The molecule has 0 aliphatic rings. The van der Waals surface area contributed by atoms with Crippen molar-refractivity contribution in [2.75, 3.05) is 6.67 Å². The highest BCUT2D eigenvalue weighted by Gasteiger charge is 1.51. The van der Waals surface area contributed by atoms with Gasteiger partial charge in [0.05, 0.1) is 0 Å². The van der Waals surface area contributed by atoms with Crippen LogP contribution in [0.4, 0.5) is 0 Å². The predicted molar refractivity (Wildman–Crippen MR) is 18.1 cm³/mol. The summed E-state index contributed by atoms with van der Waals surface area (Å²) < 4.78 is 0. The van der Waals surface area contributed by atoms with E-state index in [4.69, 9.17) is 5.73 Å². The van der Waals surface area contributed by atoms with E-state index in [-0.39, 0.29) is 6.67 Å². The van der Waals surface area contributed by atoms with Crippen molar-refractivity contribution in [2.24, 2.45) is 21.9 Å². The highest BCUT2D eigenvalue weighted by atomic mass is 15.3. The highest BCUT2D eigenvalue weighted by molar-refractivity contribution is 4.11. The van der Waals surface area contributed by atoms with Gasteiger partial charge in [-0.1, -0.05) is 5.22 Å². The normalized spacial score (nSPS) is 9.80. The Morgan fingerprint density at radius 1 is 1.60 bits per heavy atom. The molecule has 0 atom stereocenters. The molecule has 0 unspecified atom stereocenters. The molecule has 30 valence electrons. The van der Waals surface area contributed by atoms with E-state index < -0.39 is 0 Å². The van der Waals surface area contributed by atoms with Gasteiger partial charge in [0, 0.05) is 0 Å². The molecule has 0 fully saturated rings. The summed E-state index contributed by atoms with van der Waals surface area (Å²) in [4.78, 5) is 0. The van der Waals surface area contributed by atoms with Gasteiger partial charge in [-0.25, -0.2) is 0 Å². The molecule has 0 aromatic carbocycles. The average molecular weight is 74.1 g/mol. The summed E-state index contributed by atoms with van der Waals surface area (Å²) >= 11 is 0. The van der Waals surface area contributed by atoms with Gasteiger partial charge in [-0.3, -0.25) is 0 Å². The fourth-order valence-corrected chi connectivity index (χ4v) is 0.0471. The summed E-state index contributed by atoms with van der Waals surface area (Å²) in [7, 11) is 0. The zero-order valence-corrected chi connectivity index (χ0v) is 2.76. The van der Waals surface area contributed by atoms with E-state index in [1.165, 1.54) is 0 Å². The maximum absolute atomic E-state index is 4.80. The van der Waals surface area contributed by atoms with Gasteiger partial charge in [-0.05, 0) is 0 Å². The molecule has 0 spiro atoms. The minimum absolute atomic E-state index is 0.177. The third-order valence-corrected chi connectivity index (χ3v) is 0.163. The Hall–Kier alpha value is -0.640. The van der Waals surface area contributed by atoms with Gasteiger partial charge in [0.25, 0.3) is 0 Å². The summed E-state index contributed by atoms with van der Waals surface area (Å²) in [6.07, 6.45) is 0. The van der Waals surface area contributed by atoms with Crippen molar-refractivity contribution in [3.05, 3.63) is 0 Å². The second kappa shape index (κ2) is 3.36. The second-order valence-electron chi connectivity index (χ2n) is 0.439. The summed E-state index contributed by atoms with van der Waals surface area (Å²) in [5.41, 5.74) is 4.80. The van der Waals surface area contributed by atoms with Crippen LogP contribution in [0.1, 0.15) is 0 Å². The standard InChI is InChI=1S/CH6N4/c2-1-4-5-3/h1-2H2,(H2,3,4). The van der Waals surface area contributed by atoms with Crippen LogP contribution in [0.25, 0.3) is 0 Å². The van der Waals surface area contributed by atoms with Crippen molar-refractivity contribution in [3.63, 3.8) is 0 Å². The van der Waals surface area contributed by atoms with Crippen LogP contribution in [-0.4, -0.2) is 6.67 Å². The van der Waals surface area contributed by atoms with Crippen LogP contribution in [0.2, 0.25) is 0 Å². The number of nitrogens with two attached hydrogens (primary N) is 2. The third kappa shape index (κ3) is 3.36. The van der Waals surface area contributed by atoms with Gasteiger partial charge in [-0.2, -0.15) is 5.11 Å². The smallest absolute Gasteiger partial charge is 0.109 e. The van der Waals surface area contributed by atoms with E-state index in [1.807, 2.05) is 0 Å².